The van der Waals surface area contributed by atoms with Gasteiger partial charge in [-0.1, -0.05) is 41.9 Å². The number of nitrogens with zero attached hydrogens (tertiary/aromatic N) is 1. The molecule has 1 aliphatic rings. The molecule has 0 fully saturated rings. The molecular formula is C24H25ClN2. The van der Waals surface area contributed by atoms with E-state index in [1.54, 1.807) is 0 Å². The van der Waals surface area contributed by atoms with Crippen LogP contribution < -0.4 is 5.32 Å². The third-order valence-electron chi connectivity index (χ3n) is 4.75. The van der Waals surface area contributed by atoms with Crippen LogP contribution in [0.25, 0.3) is 5.57 Å². The van der Waals surface area contributed by atoms with Crippen LogP contribution in [0.15, 0.2) is 76.8 Å². The van der Waals surface area contributed by atoms with Gasteiger partial charge in [0, 0.05) is 29.9 Å². The molecule has 138 valence electrons. The Labute approximate surface area is 167 Å². The average Bonchev–Trinajstić information content (AvgIpc) is 2.66. The van der Waals surface area contributed by atoms with Gasteiger partial charge in [-0.25, -0.2) is 0 Å². The number of aliphatic imine (C=N–C) groups is 1. The lowest BCUT2D eigenvalue weighted by atomic mass is 9.88. The molecule has 1 aliphatic carbocycles. The van der Waals surface area contributed by atoms with Gasteiger partial charge in [0.1, 0.15) is 0 Å². The number of anilines is 1. The number of rotatable bonds is 4. The number of allylic oxidation sites excluding steroid dienone is 5. The monoisotopic (exact) mass is 376 g/mol. The predicted octanol–water partition coefficient (Wildman–Crippen LogP) is 6.47. The molecule has 3 rings (SSSR count). The van der Waals surface area contributed by atoms with Gasteiger partial charge in [0.25, 0.3) is 0 Å². The van der Waals surface area contributed by atoms with E-state index in [1.165, 1.54) is 5.56 Å². The van der Waals surface area contributed by atoms with Crippen molar-refractivity contribution in [1.29, 1.82) is 0 Å². The molecule has 1 N–H and O–H groups in total. The van der Waals surface area contributed by atoms with E-state index in [-0.39, 0.29) is 0 Å². The molecule has 0 unspecified atom stereocenters. The number of aryl methyl sites for hydroxylation is 1. The normalized spacial score (nSPS) is 17.1. The summed E-state index contributed by atoms with van der Waals surface area (Å²) in [5.41, 5.74) is 9.02. The van der Waals surface area contributed by atoms with Crippen molar-refractivity contribution in [2.24, 2.45) is 4.99 Å². The van der Waals surface area contributed by atoms with E-state index < -0.39 is 0 Å². The van der Waals surface area contributed by atoms with E-state index >= 15 is 0 Å². The lowest BCUT2D eigenvalue weighted by Gasteiger charge is -2.18. The minimum absolute atomic E-state index is 0.753. The fourth-order valence-corrected chi connectivity index (χ4v) is 3.64. The zero-order chi connectivity index (χ0) is 19.4. The van der Waals surface area contributed by atoms with Gasteiger partial charge < -0.3 is 5.32 Å². The molecule has 0 amide bonds. The average molecular weight is 377 g/mol. The Morgan fingerprint density at radius 2 is 1.85 bits per heavy atom. The van der Waals surface area contributed by atoms with Crippen molar-refractivity contribution < 1.29 is 0 Å². The number of halogens is 1. The summed E-state index contributed by atoms with van der Waals surface area (Å²) in [5.74, 6) is 0. The smallest absolute Gasteiger partial charge is 0.0600 e. The summed E-state index contributed by atoms with van der Waals surface area (Å²) in [7, 11) is 1.82. The highest BCUT2D eigenvalue weighted by Gasteiger charge is 2.16. The van der Waals surface area contributed by atoms with Crippen molar-refractivity contribution in [3.8, 4) is 0 Å². The van der Waals surface area contributed by atoms with Crippen molar-refractivity contribution in [1.82, 2.24) is 0 Å². The molecule has 0 heterocycles. The van der Waals surface area contributed by atoms with Gasteiger partial charge in [-0.15, -0.1) is 0 Å². The summed E-state index contributed by atoms with van der Waals surface area (Å²) in [6, 6.07) is 14.6. The minimum Gasteiger partial charge on any atom is -0.385 e. The fraction of sp³-hybridized carbons (Fsp3) is 0.208. The summed E-state index contributed by atoms with van der Waals surface area (Å²) in [4.78, 5) is 4.34. The molecule has 0 saturated heterocycles. The third kappa shape index (κ3) is 4.06. The molecule has 0 spiro atoms. The maximum Gasteiger partial charge on any atom is 0.0600 e. The summed E-state index contributed by atoms with van der Waals surface area (Å²) < 4.78 is 0. The number of hydrogen-bond acceptors (Lipinski definition) is 2. The van der Waals surface area contributed by atoms with Crippen LogP contribution in [0.2, 0.25) is 5.02 Å². The van der Waals surface area contributed by atoms with Crippen LogP contribution in [-0.2, 0) is 0 Å². The van der Waals surface area contributed by atoms with E-state index in [2.05, 4.69) is 73.6 Å². The van der Waals surface area contributed by atoms with Crippen molar-refractivity contribution in [2.45, 2.75) is 20.8 Å². The quantitative estimate of drug-likeness (QED) is 0.649. The van der Waals surface area contributed by atoms with Crippen molar-refractivity contribution in [3.05, 3.63) is 93.6 Å². The predicted molar refractivity (Wildman–Crippen MR) is 119 cm³/mol. The molecule has 0 saturated carbocycles. The fourth-order valence-electron chi connectivity index (χ4n) is 3.41. The largest absolute Gasteiger partial charge is 0.385 e. The molecule has 0 aliphatic heterocycles. The van der Waals surface area contributed by atoms with E-state index in [1.807, 2.05) is 25.2 Å². The summed E-state index contributed by atoms with van der Waals surface area (Å²) in [6.45, 7) is 7.24. The maximum atomic E-state index is 6.59. The zero-order valence-corrected chi connectivity index (χ0v) is 17.1. The van der Waals surface area contributed by atoms with Crippen molar-refractivity contribution >= 4 is 28.6 Å². The van der Waals surface area contributed by atoms with Gasteiger partial charge in [-0.05, 0) is 79.0 Å². The number of nitrogens with one attached hydrogen (secondary N) is 1. The first-order valence-electron chi connectivity index (χ1n) is 9.22. The second kappa shape index (κ2) is 8.41. The molecule has 2 aromatic carbocycles. The van der Waals surface area contributed by atoms with Crippen LogP contribution in [0, 0.1) is 6.92 Å². The van der Waals surface area contributed by atoms with Gasteiger partial charge in [-0.3, -0.25) is 4.99 Å². The molecular weight excluding hydrogens is 352 g/mol. The lowest BCUT2D eigenvalue weighted by Crippen LogP contribution is -2.04. The molecule has 3 heteroatoms. The molecule has 2 aromatic rings. The Bertz CT molecular complexity index is 978. The third-order valence-corrected chi connectivity index (χ3v) is 5.08. The Balaban J connectivity index is 2.23. The van der Waals surface area contributed by atoms with Gasteiger partial charge in [0.15, 0.2) is 0 Å². The first kappa shape index (κ1) is 19.2. The highest BCUT2D eigenvalue weighted by molar-refractivity contribution is 6.32. The van der Waals surface area contributed by atoms with Crippen LogP contribution in [-0.4, -0.2) is 19.3 Å². The van der Waals surface area contributed by atoms with E-state index in [4.69, 9.17) is 11.6 Å². The van der Waals surface area contributed by atoms with E-state index in [0.29, 0.717) is 0 Å². The summed E-state index contributed by atoms with van der Waals surface area (Å²) >= 11 is 6.59. The Morgan fingerprint density at radius 3 is 2.48 bits per heavy atom. The lowest BCUT2D eigenvalue weighted by molar-refractivity contribution is 1.20. The van der Waals surface area contributed by atoms with Crippen LogP contribution in [0.3, 0.4) is 0 Å². The Kier molecular flexibility index (Phi) is 5.98. The molecule has 0 bridgehead atoms. The first-order chi connectivity index (χ1) is 13.0. The Morgan fingerprint density at radius 1 is 1.07 bits per heavy atom. The van der Waals surface area contributed by atoms with Gasteiger partial charge in [-0.2, -0.15) is 0 Å². The molecule has 27 heavy (non-hydrogen) atoms. The SMILES string of the molecule is CCNc1ccc(C(=C2C=CC(=NC)C(C)=C2)c2ccccc2Cl)cc1C. The topological polar surface area (TPSA) is 24.4 Å². The molecule has 2 nitrogen and oxygen atoms in total. The zero-order valence-electron chi connectivity index (χ0n) is 16.3. The Hall–Kier alpha value is -2.58. The van der Waals surface area contributed by atoms with Gasteiger partial charge in [0.05, 0.1) is 5.71 Å². The highest BCUT2D eigenvalue weighted by atomic mass is 35.5. The molecule has 0 atom stereocenters. The maximum absolute atomic E-state index is 6.59. The second-order valence-corrected chi connectivity index (χ2v) is 7.05. The summed E-state index contributed by atoms with van der Waals surface area (Å²) in [6.07, 6.45) is 6.39. The van der Waals surface area contributed by atoms with E-state index in [9.17, 15) is 0 Å². The van der Waals surface area contributed by atoms with Crippen LogP contribution in [0.5, 0.6) is 0 Å². The van der Waals surface area contributed by atoms with Crippen LogP contribution in [0.1, 0.15) is 30.5 Å². The van der Waals surface area contributed by atoms with Gasteiger partial charge in [0.2, 0.25) is 0 Å². The second-order valence-electron chi connectivity index (χ2n) is 6.64. The van der Waals surface area contributed by atoms with Gasteiger partial charge >= 0.3 is 0 Å². The highest BCUT2D eigenvalue weighted by Crippen LogP contribution is 2.35. The van der Waals surface area contributed by atoms with Crippen molar-refractivity contribution in [2.75, 3.05) is 18.9 Å². The minimum atomic E-state index is 0.753. The van der Waals surface area contributed by atoms with Crippen LogP contribution >= 0.6 is 11.6 Å². The number of hydrogen-bond donors (Lipinski definition) is 1. The number of benzene rings is 2. The molecule has 0 radical (unpaired) electrons. The standard InChI is InChI=1S/C24H25ClN2/c1-5-27-23-13-11-19(15-17(23)3)24(20-8-6-7-9-21(20)25)18-10-12-22(26-4)16(2)14-18/h6-15,27H,5H2,1-4H3. The molecule has 0 aromatic heterocycles. The first-order valence-corrected chi connectivity index (χ1v) is 9.60. The summed E-state index contributed by atoms with van der Waals surface area (Å²) in [5, 5.41) is 4.16. The van der Waals surface area contributed by atoms with Crippen LogP contribution in [0.4, 0.5) is 5.69 Å². The van der Waals surface area contributed by atoms with E-state index in [0.717, 1.165) is 50.8 Å². The van der Waals surface area contributed by atoms with Crippen molar-refractivity contribution in [3.63, 3.8) is 0 Å².